The van der Waals surface area contributed by atoms with Crippen LogP contribution in [0.25, 0.3) is 0 Å². The van der Waals surface area contributed by atoms with Crippen LogP contribution in [0.3, 0.4) is 0 Å². The molecule has 0 aromatic carbocycles. The van der Waals surface area contributed by atoms with Crippen molar-refractivity contribution in [1.82, 2.24) is 5.32 Å². The molecule has 1 atom stereocenters. The topological polar surface area (TPSA) is 70.9 Å². The molecule has 1 fully saturated rings. The van der Waals surface area contributed by atoms with Gasteiger partial charge in [0.1, 0.15) is 12.7 Å². The molecule has 0 unspecified atom stereocenters. The number of carbonyl (C=O) groups is 1. The Bertz CT molecular complexity index is 401. The van der Waals surface area contributed by atoms with E-state index in [0.717, 1.165) is 5.90 Å². The summed E-state index contributed by atoms with van der Waals surface area (Å²) in [5.74, 6) is 1.10. The molecule has 5 heteroatoms. The van der Waals surface area contributed by atoms with Gasteiger partial charge in [0.05, 0.1) is 5.54 Å². The van der Waals surface area contributed by atoms with Crippen molar-refractivity contribution in [1.29, 1.82) is 0 Å². The smallest absolute Gasteiger partial charge is 0.248 e. The molecule has 0 spiro atoms. The predicted octanol–water partition coefficient (Wildman–Crippen LogP) is 2.42. The van der Waals surface area contributed by atoms with Crippen LogP contribution >= 0.6 is 0 Å². The van der Waals surface area contributed by atoms with Crippen LogP contribution in [0.5, 0.6) is 0 Å². The van der Waals surface area contributed by atoms with Crippen molar-refractivity contribution in [2.75, 3.05) is 13.2 Å². The molecule has 1 aliphatic carbocycles. The number of hydrogen-bond donors (Lipinski definition) is 2. The lowest BCUT2D eigenvalue weighted by atomic mass is 9.89. The lowest BCUT2D eigenvalue weighted by Gasteiger charge is -2.22. The number of amides is 1. The largest absolute Gasteiger partial charge is 0.478 e. The quantitative estimate of drug-likeness (QED) is 0.758. The maximum atomic E-state index is 11.9. The third kappa shape index (κ3) is 5.59. The van der Waals surface area contributed by atoms with Crippen LogP contribution < -0.4 is 5.32 Å². The molecule has 0 aromatic heterocycles. The second-order valence-electron chi connectivity index (χ2n) is 7.26. The van der Waals surface area contributed by atoms with Gasteiger partial charge in [-0.2, -0.15) is 0 Å². The summed E-state index contributed by atoms with van der Waals surface area (Å²) < 4.78 is 5.51. The van der Waals surface area contributed by atoms with E-state index in [4.69, 9.17) is 4.74 Å². The van der Waals surface area contributed by atoms with E-state index in [9.17, 15) is 9.90 Å². The van der Waals surface area contributed by atoms with Gasteiger partial charge in [0.2, 0.25) is 5.91 Å². The first kappa shape index (κ1) is 17.3. The lowest BCUT2D eigenvalue weighted by Crippen LogP contribution is -2.37. The van der Waals surface area contributed by atoms with Gasteiger partial charge in [-0.1, -0.05) is 19.3 Å². The van der Waals surface area contributed by atoms with Crippen molar-refractivity contribution in [2.24, 2.45) is 10.9 Å². The third-order valence-electron chi connectivity index (χ3n) is 4.48. The van der Waals surface area contributed by atoms with Gasteiger partial charge in [-0.3, -0.25) is 4.79 Å². The Morgan fingerprint density at radius 3 is 2.77 bits per heavy atom. The van der Waals surface area contributed by atoms with Gasteiger partial charge in [-0.15, -0.1) is 0 Å². The molecule has 1 saturated carbocycles. The van der Waals surface area contributed by atoms with Crippen LogP contribution in [0.1, 0.15) is 65.2 Å². The van der Waals surface area contributed by atoms with E-state index in [-0.39, 0.29) is 11.4 Å². The lowest BCUT2D eigenvalue weighted by molar-refractivity contribution is -0.129. The fourth-order valence-electron chi connectivity index (χ4n) is 3.12. The predicted molar refractivity (Wildman–Crippen MR) is 86.9 cm³/mol. The number of nitrogens with one attached hydrogen (secondary N) is 1. The fraction of sp³-hybridized carbons (Fsp3) is 0.882. The van der Waals surface area contributed by atoms with Gasteiger partial charge in [-0.25, -0.2) is 4.99 Å². The zero-order chi connectivity index (χ0) is 16.0. The highest BCUT2D eigenvalue weighted by Gasteiger charge is 2.26. The van der Waals surface area contributed by atoms with Crippen LogP contribution in [0.15, 0.2) is 4.99 Å². The number of rotatable bonds is 7. The first-order chi connectivity index (χ1) is 10.5. The number of carbonyl (C=O) groups excluding carboxylic acids is 1. The van der Waals surface area contributed by atoms with Crippen molar-refractivity contribution in [3.05, 3.63) is 0 Å². The Morgan fingerprint density at radius 1 is 1.41 bits per heavy atom. The summed E-state index contributed by atoms with van der Waals surface area (Å²) >= 11 is 0. The van der Waals surface area contributed by atoms with Crippen molar-refractivity contribution >= 4 is 11.8 Å². The second-order valence-corrected chi connectivity index (χ2v) is 7.26. The number of nitrogens with zero attached hydrogens (tertiary/aromatic N) is 1. The molecule has 2 N–H and O–H groups in total. The van der Waals surface area contributed by atoms with Crippen molar-refractivity contribution in [3.63, 3.8) is 0 Å². The van der Waals surface area contributed by atoms with E-state index >= 15 is 0 Å². The minimum Gasteiger partial charge on any atom is -0.478 e. The molecule has 2 rings (SSSR count). The molecule has 0 bridgehead atoms. The molecular weight excluding hydrogens is 280 g/mol. The highest BCUT2D eigenvalue weighted by molar-refractivity contribution is 5.81. The Balaban J connectivity index is 1.60. The van der Waals surface area contributed by atoms with Crippen LogP contribution in [0, 0.1) is 5.92 Å². The molecule has 0 radical (unpaired) electrons. The number of aliphatic hydroxyl groups excluding tert-OH is 1. The zero-order valence-corrected chi connectivity index (χ0v) is 13.9. The Hall–Kier alpha value is -1.10. The van der Waals surface area contributed by atoms with Gasteiger partial charge >= 0.3 is 0 Å². The van der Waals surface area contributed by atoms with Gasteiger partial charge in [-0.05, 0) is 45.4 Å². The van der Waals surface area contributed by atoms with Crippen LogP contribution in [0.2, 0.25) is 0 Å². The van der Waals surface area contributed by atoms with Crippen LogP contribution in [-0.4, -0.2) is 41.7 Å². The average Bonchev–Trinajstić information content (AvgIpc) is 2.85. The van der Waals surface area contributed by atoms with Crippen molar-refractivity contribution in [2.45, 2.75) is 76.9 Å². The summed E-state index contributed by atoms with van der Waals surface area (Å²) in [6.07, 6.45) is 7.19. The highest BCUT2D eigenvalue weighted by atomic mass is 16.5. The first-order valence-corrected chi connectivity index (χ1v) is 8.63. The molecule has 0 aromatic rings. The van der Waals surface area contributed by atoms with Crippen molar-refractivity contribution in [3.8, 4) is 0 Å². The maximum absolute atomic E-state index is 11.9. The third-order valence-corrected chi connectivity index (χ3v) is 4.48. The Kier molecular flexibility index (Phi) is 6.24. The summed E-state index contributed by atoms with van der Waals surface area (Å²) in [6, 6.07) is 0. The molecule has 5 nitrogen and oxygen atoms in total. The molecule has 22 heavy (non-hydrogen) atoms. The number of aliphatic hydroxyl groups is 1. The molecule has 126 valence electrons. The van der Waals surface area contributed by atoms with E-state index in [1.54, 1.807) is 0 Å². The van der Waals surface area contributed by atoms with Gasteiger partial charge in [0.25, 0.3) is 0 Å². The normalized spacial score (nSPS) is 22.8. The first-order valence-electron chi connectivity index (χ1n) is 8.63. The molecule has 1 heterocycles. The molecule has 1 aliphatic heterocycles. The standard InChI is InChI=1S/C17H30N2O3/c1-17(2)12-22-15(19-17)10-6-9-14(20)16(21)18-11-13-7-4-3-5-8-13/h13-14,20H,3-12H2,1-2H3,(H,18,21)/t14-/m0/s1. The summed E-state index contributed by atoms with van der Waals surface area (Å²) in [5.41, 5.74) is -0.134. The van der Waals surface area contributed by atoms with E-state index in [1.807, 2.05) is 13.8 Å². The molecular formula is C17H30N2O3. The summed E-state index contributed by atoms with van der Waals surface area (Å²) in [4.78, 5) is 16.4. The fourth-order valence-corrected chi connectivity index (χ4v) is 3.12. The van der Waals surface area contributed by atoms with E-state index in [0.29, 0.717) is 38.3 Å². The Morgan fingerprint density at radius 2 is 2.14 bits per heavy atom. The number of aliphatic imine (C=N–C) groups is 1. The molecule has 1 amide bonds. The maximum Gasteiger partial charge on any atom is 0.248 e. The molecule has 0 saturated heterocycles. The van der Waals surface area contributed by atoms with Crippen LogP contribution in [-0.2, 0) is 9.53 Å². The average molecular weight is 310 g/mol. The SMILES string of the molecule is CC1(C)COC(CCC[C@H](O)C(=O)NCC2CCCCC2)=N1. The summed E-state index contributed by atoms with van der Waals surface area (Å²) in [5, 5.41) is 12.8. The second kappa shape index (κ2) is 7.95. The minimum absolute atomic E-state index is 0.134. The van der Waals surface area contributed by atoms with Crippen molar-refractivity contribution < 1.29 is 14.6 Å². The molecule has 2 aliphatic rings. The van der Waals surface area contributed by atoms with E-state index in [1.165, 1.54) is 32.1 Å². The number of hydrogen-bond acceptors (Lipinski definition) is 4. The zero-order valence-electron chi connectivity index (χ0n) is 13.9. The Labute approximate surface area is 133 Å². The van der Waals surface area contributed by atoms with E-state index in [2.05, 4.69) is 10.3 Å². The van der Waals surface area contributed by atoms with Gasteiger partial charge < -0.3 is 15.2 Å². The monoisotopic (exact) mass is 310 g/mol. The van der Waals surface area contributed by atoms with Gasteiger partial charge in [0.15, 0.2) is 5.90 Å². The highest BCUT2D eigenvalue weighted by Crippen LogP contribution is 2.23. The minimum atomic E-state index is -0.918. The summed E-state index contributed by atoms with van der Waals surface area (Å²) in [6.45, 7) is 5.40. The van der Waals surface area contributed by atoms with Crippen LogP contribution in [0.4, 0.5) is 0 Å². The van der Waals surface area contributed by atoms with E-state index < -0.39 is 6.10 Å². The summed E-state index contributed by atoms with van der Waals surface area (Å²) in [7, 11) is 0. The van der Waals surface area contributed by atoms with Gasteiger partial charge in [0, 0.05) is 13.0 Å². The number of ether oxygens (including phenoxy) is 1.